The quantitative estimate of drug-likeness (QED) is 0.515. The summed E-state index contributed by atoms with van der Waals surface area (Å²) in [5.41, 5.74) is 9.05. The summed E-state index contributed by atoms with van der Waals surface area (Å²) >= 11 is 0. The largest absolute Gasteiger partial charge is 0.489 e. The highest BCUT2D eigenvalue weighted by Crippen LogP contribution is 2.43. The number of ether oxygens (including phenoxy) is 2. The van der Waals surface area contributed by atoms with Crippen molar-refractivity contribution in [2.75, 3.05) is 0 Å². The third kappa shape index (κ3) is 3.50. The van der Waals surface area contributed by atoms with Crippen molar-refractivity contribution >= 4 is 10.9 Å². The predicted molar refractivity (Wildman–Crippen MR) is 126 cm³/mol. The van der Waals surface area contributed by atoms with Crippen LogP contribution in [0.25, 0.3) is 10.9 Å². The fraction of sp³-hybridized carbons (Fsp3) is 0.111. The Kier molecular flexibility index (Phi) is 5.08. The van der Waals surface area contributed by atoms with Crippen LogP contribution in [0.1, 0.15) is 22.6 Å². The molecule has 0 spiro atoms. The standard InChI is InChI=1S/C27H21N3O3/c1-30-22-13-6-5-12-20(22)25-24(27(30)31)23(21(15-28)26(29)33-25)18-10-7-11-19(14-18)32-16-17-8-3-2-4-9-17/h2-14,23H,16,29H2,1H3. The van der Waals surface area contributed by atoms with Gasteiger partial charge in [0.25, 0.3) is 5.56 Å². The second-order valence-electron chi connectivity index (χ2n) is 7.90. The maximum atomic E-state index is 13.5. The Morgan fingerprint density at radius 2 is 1.82 bits per heavy atom. The molecule has 1 aromatic heterocycles. The first-order valence-corrected chi connectivity index (χ1v) is 10.5. The minimum atomic E-state index is -0.665. The van der Waals surface area contributed by atoms with Crippen molar-refractivity contribution in [3.05, 3.63) is 117 Å². The summed E-state index contributed by atoms with van der Waals surface area (Å²) in [5, 5.41) is 10.7. The van der Waals surface area contributed by atoms with Crippen molar-refractivity contribution in [2.45, 2.75) is 12.5 Å². The molecule has 162 valence electrons. The number of nitrogens with two attached hydrogens (primary N) is 1. The molecule has 2 heterocycles. The van der Waals surface area contributed by atoms with Crippen molar-refractivity contribution in [1.29, 1.82) is 5.26 Å². The SMILES string of the molecule is Cn1c(=O)c2c(c3ccccc31)OC(N)=C(C#N)C2c1cccc(OCc2ccccc2)c1. The summed E-state index contributed by atoms with van der Waals surface area (Å²) in [5.74, 6) is 0.370. The van der Waals surface area contributed by atoms with Gasteiger partial charge in [-0.05, 0) is 35.4 Å². The highest BCUT2D eigenvalue weighted by molar-refractivity contribution is 5.88. The summed E-state index contributed by atoms with van der Waals surface area (Å²) in [7, 11) is 1.72. The van der Waals surface area contributed by atoms with E-state index < -0.39 is 5.92 Å². The van der Waals surface area contributed by atoms with Crippen molar-refractivity contribution in [2.24, 2.45) is 12.8 Å². The number of hydrogen-bond donors (Lipinski definition) is 1. The average Bonchev–Trinajstić information content (AvgIpc) is 2.86. The Morgan fingerprint density at radius 1 is 1.06 bits per heavy atom. The van der Waals surface area contributed by atoms with Crippen LogP contribution in [0.4, 0.5) is 0 Å². The number of rotatable bonds is 4. The van der Waals surface area contributed by atoms with Gasteiger partial charge in [-0.1, -0.05) is 54.6 Å². The minimum absolute atomic E-state index is 0.00372. The highest BCUT2D eigenvalue weighted by atomic mass is 16.5. The lowest BCUT2D eigenvalue weighted by atomic mass is 9.83. The van der Waals surface area contributed by atoms with Crippen LogP contribution in [0, 0.1) is 11.3 Å². The second-order valence-corrected chi connectivity index (χ2v) is 7.90. The molecule has 4 aromatic rings. The van der Waals surface area contributed by atoms with Gasteiger partial charge in [-0.25, -0.2) is 0 Å². The van der Waals surface area contributed by atoms with Crippen molar-refractivity contribution < 1.29 is 9.47 Å². The van der Waals surface area contributed by atoms with E-state index in [-0.39, 0.29) is 17.0 Å². The molecule has 0 amide bonds. The number of allylic oxidation sites excluding steroid dienone is 1. The molecular weight excluding hydrogens is 414 g/mol. The molecule has 6 nitrogen and oxygen atoms in total. The summed E-state index contributed by atoms with van der Waals surface area (Å²) in [4.78, 5) is 13.5. The fourth-order valence-corrected chi connectivity index (χ4v) is 4.28. The molecule has 0 fully saturated rings. The molecular formula is C27H21N3O3. The Labute approximate surface area is 190 Å². The molecule has 1 aliphatic rings. The lowest BCUT2D eigenvalue weighted by Crippen LogP contribution is -2.31. The maximum Gasteiger partial charge on any atom is 0.258 e. The summed E-state index contributed by atoms with van der Waals surface area (Å²) in [6, 6.07) is 26.9. The Hall–Kier alpha value is -4.50. The van der Waals surface area contributed by atoms with Gasteiger partial charge in [0.1, 0.15) is 29.7 Å². The first kappa shape index (κ1) is 20.4. The van der Waals surface area contributed by atoms with Gasteiger partial charge in [0, 0.05) is 12.4 Å². The third-order valence-electron chi connectivity index (χ3n) is 5.90. The molecule has 6 heteroatoms. The zero-order chi connectivity index (χ0) is 22.9. The number of aryl methyl sites for hydroxylation is 1. The van der Waals surface area contributed by atoms with Gasteiger partial charge in [-0.2, -0.15) is 5.26 Å². The fourth-order valence-electron chi connectivity index (χ4n) is 4.28. The molecule has 0 radical (unpaired) electrons. The number of benzene rings is 3. The van der Waals surface area contributed by atoms with Gasteiger partial charge in [0.2, 0.25) is 5.88 Å². The van der Waals surface area contributed by atoms with Crippen molar-refractivity contribution in [3.63, 3.8) is 0 Å². The van der Waals surface area contributed by atoms with E-state index in [0.717, 1.165) is 22.0 Å². The van der Waals surface area contributed by atoms with Gasteiger partial charge in [0.05, 0.1) is 17.0 Å². The normalized spacial score (nSPS) is 15.0. The monoisotopic (exact) mass is 435 g/mol. The Balaban J connectivity index is 1.64. The first-order chi connectivity index (χ1) is 16.1. The lowest BCUT2D eigenvalue weighted by Gasteiger charge is -2.27. The smallest absolute Gasteiger partial charge is 0.258 e. The molecule has 1 aliphatic heterocycles. The number of nitrogens with zero attached hydrogens (tertiary/aromatic N) is 2. The molecule has 0 saturated carbocycles. The molecule has 33 heavy (non-hydrogen) atoms. The van der Waals surface area contributed by atoms with Crippen LogP contribution >= 0.6 is 0 Å². The van der Waals surface area contributed by atoms with Gasteiger partial charge >= 0.3 is 0 Å². The number of aromatic nitrogens is 1. The molecule has 2 N–H and O–H groups in total. The third-order valence-corrected chi connectivity index (χ3v) is 5.90. The van der Waals surface area contributed by atoms with Crippen LogP contribution < -0.4 is 20.8 Å². The van der Waals surface area contributed by atoms with Crippen LogP contribution in [0.15, 0.2) is 95.1 Å². The van der Waals surface area contributed by atoms with Gasteiger partial charge in [-0.3, -0.25) is 4.79 Å². The number of fused-ring (bicyclic) bond motifs is 3. The maximum absolute atomic E-state index is 13.5. The Bertz CT molecular complexity index is 1500. The number of hydrogen-bond acceptors (Lipinski definition) is 5. The summed E-state index contributed by atoms with van der Waals surface area (Å²) in [6.07, 6.45) is 0. The van der Waals surface area contributed by atoms with E-state index in [9.17, 15) is 10.1 Å². The van der Waals surface area contributed by atoms with Crippen LogP contribution in [-0.4, -0.2) is 4.57 Å². The van der Waals surface area contributed by atoms with Gasteiger partial charge in [-0.15, -0.1) is 0 Å². The van der Waals surface area contributed by atoms with Crippen molar-refractivity contribution in [1.82, 2.24) is 4.57 Å². The van der Waals surface area contributed by atoms with Gasteiger partial charge < -0.3 is 19.8 Å². The van der Waals surface area contributed by atoms with E-state index in [1.807, 2.05) is 78.9 Å². The molecule has 1 atom stereocenters. The van der Waals surface area contributed by atoms with Crippen LogP contribution in [0.5, 0.6) is 11.5 Å². The van der Waals surface area contributed by atoms with Crippen LogP contribution in [0.3, 0.4) is 0 Å². The summed E-state index contributed by atoms with van der Waals surface area (Å²) in [6.45, 7) is 0.407. The Morgan fingerprint density at radius 3 is 2.61 bits per heavy atom. The number of pyridine rings is 1. The molecule has 0 bridgehead atoms. The zero-order valence-electron chi connectivity index (χ0n) is 18.0. The molecule has 5 rings (SSSR count). The van der Waals surface area contributed by atoms with Crippen LogP contribution in [0.2, 0.25) is 0 Å². The first-order valence-electron chi connectivity index (χ1n) is 10.5. The van der Waals surface area contributed by atoms with E-state index in [0.29, 0.717) is 23.7 Å². The van der Waals surface area contributed by atoms with E-state index >= 15 is 0 Å². The number of para-hydroxylation sites is 1. The number of nitriles is 1. The van der Waals surface area contributed by atoms with E-state index in [4.69, 9.17) is 15.2 Å². The van der Waals surface area contributed by atoms with Crippen LogP contribution in [-0.2, 0) is 13.7 Å². The molecule has 3 aromatic carbocycles. The van der Waals surface area contributed by atoms with Gasteiger partial charge in [0.15, 0.2) is 0 Å². The molecule has 0 saturated heterocycles. The average molecular weight is 435 g/mol. The van der Waals surface area contributed by atoms with E-state index in [1.54, 1.807) is 11.6 Å². The van der Waals surface area contributed by atoms with E-state index in [1.165, 1.54) is 0 Å². The topological polar surface area (TPSA) is 90.3 Å². The predicted octanol–water partition coefficient (Wildman–Crippen LogP) is 4.34. The molecule has 1 unspecified atom stereocenters. The minimum Gasteiger partial charge on any atom is -0.489 e. The van der Waals surface area contributed by atoms with Crippen molar-refractivity contribution in [3.8, 4) is 17.6 Å². The zero-order valence-corrected chi connectivity index (χ0v) is 18.0. The van der Waals surface area contributed by atoms with E-state index in [2.05, 4.69) is 6.07 Å². The molecule has 0 aliphatic carbocycles. The summed E-state index contributed by atoms with van der Waals surface area (Å²) < 4.78 is 13.4. The lowest BCUT2D eigenvalue weighted by molar-refractivity contribution is 0.306. The second kappa shape index (κ2) is 8.21. The highest BCUT2D eigenvalue weighted by Gasteiger charge is 2.35.